The van der Waals surface area contributed by atoms with Gasteiger partial charge in [-0.1, -0.05) is 58.0 Å². The fraction of sp³-hybridized carbons (Fsp3) is 0.581. The highest BCUT2D eigenvalue weighted by Crippen LogP contribution is 2.67. The molecule has 0 aromatic heterocycles. The van der Waals surface area contributed by atoms with Crippen LogP contribution >= 0.6 is 0 Å². The van der Waals surface area contributed by atoms with Gasteiger partial charge in [-0.15, -0.1) is 0 Å². The van der Waals surface area contributed by atoms with Gasteiger partial charge in [-0.2, -0.15) is 0 Å². The lowest BCUT2D eigenvalue weighted by Crippen LogP contribution is -2.71. The lowest BCUT2D eigenvalue weighted by Gasteiger charge is -2.67. The summed E-state index contributed by atoms with van der Waals surface area (Å²) in [6.45, 7) is 9.97. The van der Waals surface area contributed by atoms with Crippen molar-refractivity contribution in [3.63, 3.8) is 0 Å². The minimum absolute atomic E-state index is 0.0956. The highest BCUT2D eigenvalue weighted by Gasteiger charge is 2.68. The second-order valence-corrected chi connectivity index (χ2v) is 14.9. The first-order chi connectivity index (χ1) is 18.4. The van der Waals surface area contributed by atoms with E-state index in [9.17, 15) is 13.2 Å². The molecule has 39 heavy (non-hydrogen) atoms. The van der Waals surface area contributed by atoms with Crippen LogP contribution < -0.4 is 19.5 Å². The van der Waals surface area contributed by atoms with E-state index >= 15 is 0 Å². The van der Waals surface area contributed by atoms with Crippen LogP contribution in [0.1, 0.15) is 80.4 Å². The summed E-state index contributed by atoms with van der Waals surface area (Å²) >= 11 is 0. The van der Waals surface area contributed by atoms with E-state index in [4.69, 9.17) is 9.47 Å². The van der Waals surface area contributed by atoms with Gasteiger partial charge in [-0.25, -0.2) is 13.1 Å². The Kier molecular flexibility index (Phi) is 6.12. The molecule has 0 bridgehead atoms. The SMILES string of the molecule is C[C@H]1CC[C@H]2C(C)(C)[C@@H](NS(C)(=O)=O)CC[C@]23Oc2c(c(OCc4ccccc4)cc4c2CNC4=O)C[C@]13C. The molecule has 0 unspecified atom stereocenters. The molecule has 2 aromatic carbocycles. The summed E-state index contributed by atoms with van der Waals surface area (Å²) in [4.78, 5) is 12.8. The smallest absolute Gasteiger partial charge is 0.252 e. The van der Waals surface area contributed by atoms with E-state index in [1.165, 1.54) is 6.26 Å². The van der Waals surface area contributed by atoms with Crippen LogP contribution in [-0.4, -0.2) is 32.2 Å². The summed E-state index contributed by atoms with van der Waals surface area (Å²) in [5.41, 5.74) is 2.73. The molecule has 2 aliphatic heterocycles. The molecule has 2 aromatic rings. The number of sulfonamides is 1. The third-order valence-electron chi connectivity index (χ3n) is 10.6. The van der Waals surface area contributed by atoms with Crippen LogP contribution in [0.15, 0.2) is 36.4 Å². The molecule has 2 N–H and O–H groups in total. The van der Waals surface area contributed by atoms with Crippen LogP contribution in [0.2, 0.25) is 0 Å². The summed E-state index contributed by atoms with van der Waals surface area (Å²) in [6, 6.07) is 11.8. The lowest BCUT2D eigenvalue weighted by molar-refractivity contribution is -0.215. The van der Waals surface area contributed by atoms with Gasteiger partial charge in [0, 0.05) is 35.0 Å². The van der Waals surface area contributed by atoms with Crippen molar-refractivity contribution in [1.29, 1.82) is 0 Å². The molecular weight excluding hydrogens is 512 g/mol. The van der Waals surface area contributed by atoms with Gasteiger partial charge in [0.25, 0.3) is 5.91 Å². The molecule has 2 aliphatic carbocycles. The standard InChI is InChI=1S/C31H40N2O5S/c1-19-11-12-25-29(2,3)26(33-39(5,35)36)13-14-31(25)30(19,4)16-22-24(37-18-20-9-7-6-8-10-20)15-21-23(27(22)38-31)17-32-28(21)34/h6-10,15,19,25-26,33H,11-14,16-18H2,1-5H3,(H,32,34)/t19-,25-,26-,30+,31-/m0/s1. The van der Waals surface area contributed by atoms with E-state index in [0.29, 0.717) is 31.1 Å². The zero-order valence-electron chi connectivity index (χ0n) is 23.6. The zero-order chi connectivity index (χ0) is 27.8. The van der Waals surface area contributed by atoms with Gasteiger partial charge in [0.2, 0.25) is 10.0 Å². The van der Waals surface area contributed by atoms with Gasteiger partial charge in [0.05, 0.1) is 11.8 Å². The molecule has 6 rings (SSSR count). The Hall–Kier alpha value is -2.58. The molecule has 2 heterocycles. The van der Waals surface area contributed by atoms with E-state index in [0.717, 1.165) is 53.9 Å². The Labute approximate surface area is 232 Å². The fourth-order valence-corrected chi connectivity index (χ4v) is 9.23. The molecule has 0 saturated heterocycles. The van der Waals surface area contributed by atoms with E-state index in [2.05, 4.69) is 37.7 Å². The number of amides is 1. The number of nitrogens with one attached hydrogen (secondary N) is 2. The van der Waals surface area contributed by atoms with Crippen LogP contribution in [0.4, 0.5) is 0 Å². The summed E-state index contributed by atoms with van der Waals surface area (Å²) in [5.74, 6) is 1.99. The fourth-order valence-electron chi connectivity index (χ4n) is 8.29. The van der Waals surface area contributed by atoms with Crippen molar-refractivity contribution in [2.45, 2.75) is 84.6 Å². The number of ether oxygens (including phenoxy) is 2. The zero-order valence-corrected chi connectivity index (χ0v) is 24.4. The first-order valence-electron chi connectivity index (χ1n) is 14.2. The highest BCUT2D eigenvalue weighted by atomic mass is 32.2. The minimum Gasteiger partial charge on any atom is -0.488 e. The van der Waals surface area contributed by atoms with Crippen molar-refractivity contribution >= 4 is 15.9 Å². The molecule has 5 atom stereocenters. The molecule has 1 amide bonds. The Morgan fingerprint density at radius 2 is 1.85 bits per heavy atom. The van der Waals surface area contributed by atoms with Crippen LogP contribution in [0.5, 0.6) is 11.5 Å². The predicted octanol–water partition coefficient (Wildman–Crippen LogP) is 4.97. The number of carbonyl (C=O) groups excluding carboxylic acids is 1. The average molecular weight is 553 g/mol. The maximum Gasteiger partial charge on any atom is 0.252 e. The lowest BCUT2D eigenvalue weighted by atomic mass is 9.43. The Balaban J connectivity index is 1.46. The van der Waals surface area contributed by atoms with Gasteiger partial charge in [-0.05, 0) is 55.1 Å². The number of rotatable bonds is 5. The van der Waals surface area contributed by atoms with Crippen molar-refractivity contribution in [3.05, 3.63) is 58.7 Å². The van der Waals surface area contributed by atoms with Crippen LogP contribution in [-0.2, 0) is 29.6 Å². The average Bonchev–Trinajstić information content (AvgIpc) is 3.24. The number of hydrogen-bond donors (Lipinski definition) is 2. The predicted molar refractivity (Wildman–Crippen MR) is 150 cm³/mol. The number of fused-ring (bicyclic) bond motifs is 3. The van der Waals surface area contributed by atoms with E-state index in [-0.39, 0.29) is 28.7 Å². The first-order valence-corrected chi connectivity index (χ1v) is 16.0. The van der Waals surface area contributed by atoms with Crippen molar-refractivity contribution in [3.8, 4) is 11.5 Å². The van der Waals surface area contributed by atoms with E-state index < -0.39 is 15.6 Å². The molecule has 0 radical (unpaired) electrons. The quantitative estimate of drug-likeness (QED) is 0.546. The largest absolute Gasteiger partial charge is 0.488 e. The molecule has 1 spiro atoms. The molecule has 2 saturated carbocycles. The first kappa shape index (κ1) is 26.6. The summed E-state index contributed by atoms with van der Waals surface area (Å²) in [5, 5.41) is 2.99. The normalized spacial score (nSPS) is 32.6. The molecule has 4 aliphatic rings. The van der Waals surface area contributed by atoms with Gasteiger partial charge in [0.15, 0.2) is 0 Å². The van der Waals surface area contributed by atoms with Gasteiger partial charge < -0.3 is 14.8 Å². The van der Waals surface area contributed by atoms with Gasteiger partial charge >= 0.3 is 0 Å². The monoisotopic (exact) mass is 552 g/mol. The maximum atomic E-state index is 12.8. The minimum atomic E-state index is -3.34. The van der Waals surface area contributed by atoms with Gasteiger partial charge in [0.1, 0.15) is 23.7 Å². The number of carbonyl (C=O) groups is 1. The second kappa shape index (κ2) is 8.96. The summed E-state index contributed by atoms with van der Waals surface area (Å²) < 4.78 is 41.3. The maximum absolute atomic E-state index is 12.8. The van der Waals surface area contributed by atoms with Crippen LogP contribution in [0, 0.1) is 22.7 Å². The topological polar surface area (TPSA) is 93.7 Å². The van der Waals surface area contributed by atoms with Crippen LogP contribution in [0.25, 0.3) is 0 Å². The molecule has 2 fully saturated rings. The van der Waals surface area contributed by atoms with Crippen molar-refractivity contribution in [2.75, 3.05) is 6.26 Å². The van der Waals surface area contributed by atoms with Crippen LogP contribution in [0.3, 0.4) is 0 Å². The van der Waals surface area contributed by atoms with Gasteiger partial charge in [-0.3, -0.25) is 4.79 Å². The summed E-state index contributed by atoms with van der Waals surface area (Å²) in [7, 11) is -3.34. The molecule has 7 nitrogen and oxygen atoms in total. The second-order valence-electron chi connectivity index (χ2n) is 13.1. The third kappa shape index (κ3) is 4.08. The molecule has 8 heteroatoms. The highest BCUT2D eigenvalue weighted by molar-refractivity contribution is 7.88. The van der Waals surface area contributed by atoms with Crippen molar-refractivity contribution in [2.24, 2.45) is 22.7 Å². The number of benzene rings is 2. The molecular formula is C31H40N2O5S. The van der Waals surface area contributed by atoms with E-state index in [1.807, 2.05) is 36.4 Å². The third-order valence-corrected chi connectivity index (χ3v) is 11.4. The Bertz CT molecular complexity index is 1420. The Morgan fingerprint density at radius 1 is 1.10 bits per heavy atom. The Morgan fingerprint density at radius 3 is 2.56 bits per heavy atom. The van der Waals surface area contributed by atoms with E-state index in [1.54, 1.807) is 0 Å². The number of hydrogen-bond acceptors (Lipinski definition) is 5. The van der Waals surface area contributed by atoms with Crippen molar-refractivity contribution < 1.29 is 22.7 Å². The van der Waals surface area contributed by atoms with Crippen molar-refractivity contribution in [1.82, 2.24) is 10.0 Å². The summed E-state index contributed by atoms with van der Waals surface area (Å²) in [6.07, 6.45) is 5.55. The molecule has 210 valence electrons.